The van der Waals surface area contributed by atoms with Crippen LogP contribution in [0, 0.1) is 69.2 Å². The van der Waals surface area contributed by atoms with E-state index in [9.17, 15) is 0 Å². The Balaban J connectivity index is 0.000000104. The Hall–Kier alpha value is -13.4. The summed E-state index contributed by atoms with van der Waals surface area (Å²) < 4.78 is 40.3. The van der Waals surface area contributed by atoms with E-state index in [0.29, 0.717) is 5.71 Å². The first-order chi connectivity index (χ1) is 53.2. The fourth-order valence-electron chi connectivity index (χ4n) is 15.2. The van der Waals surface area contributed by atoms with E-state index in [4.69, 9.17) is 27.1 Å². The number of hydrogen-bond acceptors (Lipinski definition) is 10. The summed E-state index contributed by atoms with van der Waals surface area (Å²) in [6.45, 7) is 21.0. The normalized spacial score (nSPS) is 11.4. The van der Waals surface area contributed by atoms with Crippen molar-refractivity contribution in [3.05, 3.63) is 300 Å². The standard InChI is InChI=1S/5C19H17N2O/c1-12-4-5-17(21(3)11-12)14-9-15-16-10-20-7-6-18(16)22-19(15)8-13(14)2;1-12-4-5-17(21(3)11-12)15-9-16-14-6-7-20-10-19(14)22-18(16)8-13(15)2;1-12-6-7-16(21(3)11-12)14-10-15-18(9-13(14)2)22-17-5-4-8-20-19(15)17;1-12-8-9-17(21(3)11-12)15-10-16-14-6-4-5-7-18(14)22-19(16)20-13(15)2;1-12-8-9-15(21(3)11-12)18-13(2)10-17-19(20-18)14-6-4-5-7-16(14)22-17/h5*4-11H,1-3H3/q5*+1. The fraction of sp³-hybridized carbons (Fsp3) is 0.158. The Morgan fingerprint density at radius 1 is 0.264 bits per heavy atom. The van der Waals surface area contributed by atoms with E-state index in [1.54, 1.807) is 12.4 Å². The van der Waals surface area contributed by atoms with Gasteiger partial charge >= 0.3 is 0 Å². The predicted octanol–water partition coefficient (Wildman–Crippen LogP) is 20.4. The van der Waals surface area contributed by atoms with Crippen molar-refractivity contribution in [3.8, 4) is 56.4 Å². The molecule has 0 aliphatic carbocycles. The van der Waals surface area contributed by atoms with E-state index in [2.05, 4.69) is 293 Å². The molecule has 15 heteroatoms. The number of aromatic nitrogens is 10. The maximum atomic E-state index is 5.93. The lowest BCUT2D eigenvalue weighted by molar-refractivity contribution is -0.661. The monoisotopic (exact) mass is 1450 g/mol. The van der Waals surface area contributed by atoms with Crippen molar-refractivity contribution in [2.75, 3.05) is 0 Å². The second kappa shape index (κ2) is 29.1. The molecule has 0 saturated heterocycles. The molecule has 540 valence electrons. The molecule has 20 rings (SSSR count). The Bertz CT molecular complexity index is 6040. The lowest BCUT2D eigenvalue weighted by atomic mass is 10.0. The second-order valence-electron chi connectivity index (χ2n) is 29.1. The van der Waals surface area contributed by atoms with Crippen molar-refractivity contribution in [2.45, 2.75) is 69.2 Å². The van der Waals surface area contributed by atoms with Crippen LogP contribution in [0.15, 0.2) is 266 Å². The molecule has 0 unspecified atom stereocenters. The first-order valence-corrected chi connectivity index (χ1v) is 36.9. The number of para-hydroxylation sites is 2. The van der Waals surface area contributed by atoms with Crippen LogP contribution in [0.2, 0.25) is 0 Å². The molecule has 15 aromatic heterocycles. The lowest BCUT2D eigenvalue weighted by Gasteiger charge is -2.05. The summed E-state index contributed by atoms with van der Waals surface area (Å²) in [6, 6.07) is 62.6. The minimum absolute atomic E-state index is 0.706. The smallest absolute Gasteiger partial charge is 0.231 e. The molecule has 0 saturated carbocycles. The summed E-state index contributed by atoms with van der Waals surface area (Å²) in [5, 5.41) is 8.74. The van der Waals surface area contributed by atoms with Gasteiger partial charge in [0.25, 0.3) is 0 Å². The van der Waals surface area contributed by atoms with E-state index in [-0.39, 0.29) is 0 Å². The summed E-state index contributed by atoms with van der Waals surface area (Å²) in [4.78, 5) is 22.4. The average Bonchev–Trinajstić information content (AvgIpc) is 1.61. The highest BCUT2D eigenvalue weighted by Crippen LogP contribution is 2.39. The van der Waals surface area contributed by atoms with Crippen LogP contribution < -0.4 is 22.8 Å². The molecule has 15 nitrogen and oxygen atoms in total. The number of nitrogens with zero attached hydrogens (tertiary/aromatic N) is 10. The van der Waals surface area contributed by atoms with Crippen LogP contribution in [0.25, 0.3) is 167 Å². The van der Waals surface area contributed by atoms with Crippen LogP contribution in [0.4, 0.5) is 0 Å². The molecule has 20 aromatic rings. The number of fused-ring (bicyclic) bond motifs is 15. The van der Waals surface area contributed by atoms with Crippen molar-refractivity contribution < 1.29 is 44.9 Å². The van der Waals surface area contributed by atoms with Crippen LogP contribution in [-0.2, 0) is 35.2 Å². The minimum atomic E-state index is 0.706. The van der Waals surface area contributed by atoms with Crippen molar-refractivity contribution >= 4 is 110 Å². The molecule has 0 atom stereocenters. The van der Waals surface area contributed by atoms with Crippen LogP contribution in [0.1, 0.15) is 55.8 Å². The highest BCUT2D eigenvalue weighted by molar-refractivity contribution is 6.09. The molecule has 0 aliphatic rings. The van der Waals surface area contributed by atoms with Crippen molar-refractivity contribution in [2.24, 2.45) is 35.2 Å². The molecule has 0 fully saturated rings. The van der Waals surface area contributed by atoms with E-state index in [1.165, 1.54) is 78.3 Å². The Kier molecular flexibility index (Phi) is 18.7. The topological polar surface area (TPSA) is 150 Å². The van der Waals surface area contributed by atoms with Gasteiger partial charge in [0, 0.05) is 143 Å². The summed E-state index contributed by atoms with van der Waals surface area (Å²) in [7, 11) is 10.4. The van der Waals surface area contributed by atoms with Crippen LogP contribution in [0.3, 0.4) is 0 Å². The Morgan fingerprint density at radius 2 is 0.673 bits per heavy atom. The van der Waals surface area contributed by atoms with Gasteiger partial charge in [-0.3, -0.25) is 15.0 Å². The molecule has 110 heavy (non-hydrogen) atoms. The summed E-state index contributed by atoms with van der Waals surface area (Å²) in [5.74, 6) is 0. The zero-order valence-electron chi connectivity index (χ0n) is 64.6. The van der Waals surface area contributed by atoms with Gasteiger partial charge in [-0.1, -0.05) is 30.3 Å². The predicted molar refractivity (Wildman–Crippen MR) is 438 cm³/mol. The zero-order chi connectivity index (χ0) is 76.3. The highest BCUT2D eigenvalue weighted by atomic mass is 16.3. The van der Waals surface area contributed by atoms with Crippen molar-refractivity contribution in [3.63, 3.8) is 0 Å². The van der Waals surface area contributed by atoms with Crippen LogP contribution in [0.5, 0.6) is 0 Å². The molecular weight excluding hydrogens is 1360 g/mol. The largest absolute Gasteiger partial charge is 0.456 e. The molecule has 15 heterocycles. The van der Waals surface area contributed by atoms with E-state index in [0.717, 1.165) is 138 Å². The first kappa shape index (κ1) is 70.9. The number of aryl methyl sites for hydroxylation is 15. The van der Waals surface area contributed by atoms with E-state index in [1.807, 2.05) is 86.2 Å². The quantitative estimate of drug-likeness (QED) is 0.152. The van der Waals surface area contributed by atoms with Gasteiger partial charge in [0.1, 0.15) is 85.5 Å². The third-order valence-corrected chi connectivity index (χ3v) is 20.7. The van der Waals surface area contributed by atoms with Gasteiger partial charge in [0.2, 0.25) is 34.2 Å². The third kappa shape index (κ3) is 13.6. The van der Waals surface area contributed by atoms with Crippen LogP contribution >= 0.6 is 0 Å². The SMILES string of the molecule is Cc1ccc(-c2cc3c(cc2C)oc2cccnc23)[n+](C)c1.Cc1ccc(-c2cc3c(cc2C)oc2ccncc23)[n+](C)c1.Cc1ccc(-c2cc3c(cc2C)oc2cnccc23)[n+](C)c1.Cc1ccc(-c2cc3c(nc2C)oc2ccccc23)[n+](C)c1.Cc1ccc(-c2nc3c(cc2C)oc2ccccc23)[n+](C)c1. The molecule has 0 N–H and O–H groups in total. The Morgan fingerprint density at radius 3 is 1.24 bits per heavy atom. The highest BCUT2D eigenvalue weighted by Gasteiger charge is 2.24. The number of benzene rings is 5. The molecule has 0 aliphatic heterocycles. The van der Waals surface area contributed by atoms with Crippen molar-refractivity contribution in [1.82, 2.24) is 24.9 Å². The number of hydrogen-bond donors (Lipinski definition) is 0. The van der Waals surface area contributed by atoms with E-state index < -0.39 is 0 Å². The Labute approximate surface area is 636 Å². The van der Waals surface area contributed by atoms with Gasteiger partial charge in [-0.15, -0.1) is 0 Å². The first-order valence-electron chi connectivity index (χ1n) is 36.9. The lowest BCUT2D eigenvalue weighted by Crippen LogP contribution is -2.31. The maximum Gasteiger partial charge on any atom is 0.231 e. The fourth-order valence-corrected chi connectivity index (χ4v) is 15.2. The number of pyridine rings is 10. The average molecular weight is 1450 g/mol. The summed E-state index contributed by atoms with van der Waals surface area (Å²) in [5.41, 5.74) is 34.1. The summed E-state index contributed by atoms with van der Waals surface area (Å²) in [6.07, 6.45) is 19.7. The molecule has 0 spiro atoms. The zero-order valence-corrected chi connectivity index (χ0v) is 64.6. The van der Waals surface area contributed by atoms with Gasteiger partial charge in [0.15, 0.2) is 47.7 Å². The van der Waals surface area contributed by atoms with Crippen molar-refractivity contribution in [1.29, 1.82) is 0 Å². The second-order valence-corrected chi connectivity index (χ2v) is 29.1. The van der Waals surface area contributed by atoms with E-state index >= 15 is 0 Å². The maximum absolute atomic E-state index is 5.93. The third-order valence-electron chi connectivity index (χ3n) is 20.7. The van der Waals surface area contributed by atoms with Gasteiger partial charge in [0.05, 0.1) is 17.5 Å². The summed E-state index contributed by atoms with van der Waals surface area (Å²) >= 11 is 0. The number of rotatable bonds is 5. The van der Waals surface area contributed by atoms with Gasteiger partial charge in [-0.25, -0.2) is 28.2 Å². The molecule has 0 radical (unpaired) electrons. The minimum Gasteiger partial charge on any atom is -0.456 e. The van der Waals surface area contributed by atoms with Gasteiger partial charge in [-0.05, 0) is 213 Å². The molecular formula is C95H85N10O5+5. The van der Waals surface area contributed by atoms with Gasteiger partial charge < -0.3 is 22.1 Å². The number of furan rings is 5. The van der Waals surface area contributed by atoms with Crippen LogP contribution in [-0.4, -0.2) is 24.9 Å². The molecule has 5 aromatic carbocycles. The molecule has 0 bridgehead atoms. The molecule has 0 amide bonds. The van der Waals surface area contributed by atoms with Gasteiger partial charge in [-0.2, -0.15) is 4.57 Å².